The smallest absolute Gasteiger partial charge is 0.119 e. The zero-order chi connectivity index (χ0) is 18.3. The molecule has 0 saturated heterocycles. The van der Waals surface area contributed by atoms with Crippen LogP contribution in [0.2, 0.25) is 0 Å². The summed E-state index contributed by atoms with van der Waals surface area (Å²) < 4.78 is 0. The lowest BCUT2D eigenvalue weighted by Crippen LogP contribution is -1.89. The number of hydrogen-bond acceptors (Lipinski definition) is 2. The summed E-state index contributed by atoms with van der Waals surface area (Å²) in [4.78, 5) is 0. The number of rotatable bonds is 15. The number of aromatic hydroxyl groups is 2. The lowest BCUT2D eigenvalue weighted by molar-refractivity contribution is 0.449. The minimum Gasteiger partial charge on any atom is -0.508 e. The van der Waals surface area contributed by atoms with Gasteiger partial charge in [-0.1, -0.05) is 90.4 Å². The Morgan fingerprint density at radius 1 is 0.600 bits per heavy atom. The molecular weight excluding hydrogens is 308 g/mol. The number of aryl methyl sites for hydroxylation is 2. The molecule has 0 unspecified atom stereocenters. The zero-order valence-electron chi connectivity index (χ0n) is 16.7. The molecule has 0 aromatic heterocycles. The number of benzene rings is 1. The van der Waals surface area contributed by atoms with Crippen LogP contribution in [0.3, 0.4) is 0 Å². The fraction of sp³-hybridized carbons (Fsp3) is 0.739. The van der Waals surface area contributed by atoms with Crippen molar-refractivity contribution < 1.29 is 10.2 Å². The quantitative estimate of drug-likeness (QED) is 0.255. The van der Waals surface area contributed by atoms with E-state index < -0.39 is 0 Å². The third-order valence-electron chi connectivity index (χ3n) is 5.20. The van der Waals surface area contributed by atoms with Gasteiger partial charge in [0.15, 0.2) is 0 Å². The molecule has 1 aromatic carbocycles. The van der Waals surface area contributed by atoms with Gasteiger partial charge >= 0.3 is 0 Å². The van der Waals surface area contributed by atoms with Gasteiger partial charge in [-0.05, 0) is 43.0 Å². The second kappa shape index (κ2) is 14.0. The van der Waals surface area contributed by atoms with E-state index >= 15 is 0 Å². The molecule has 0 spiro atoms. The Morgan fingerprint density at radius 2 is 1.04 bits per heavy atom. The van der Waals surface area contributed by atoms with Crippen LogP contribution in [-0.2, 0) is 6.42 Å². The molecule has 0 amide bonds. The molecule has 2 heteroatoms. The lowest BCUT2D eigenvalue weighted by atomic mass is 10.0. The van der Waals surface area contributed by atoms with Crippen LogP contribution in [0.15, 0.2) is 12.1 Å². The summed E-state index contributed by atoms with van der Waals surface area (Å²) in [6.45, 7) is 4.09. The highest BCUT2D eigenvalue weighted by Crippen LogP contribution is 2.27. The van der Waals surface area contributed by atoms with Crippen LogP contribution in [0, 0.1) is 6.92 Å². The van der Waals surface area contributed by atoms with Crippen LogP contribution >= 0.6 is 0 Å². The van der Waals surface area contributed by atoms with Crippen molar-refractivity contribution in [1.82, 2.24) is 0 Å². The van der Waals surface area contributed by atoms with E-state index in [4.69, 9.17) is 0 Å². The lowest BCUT2D eigenvalue weighted by Gasteiger charge is -2.07. The normalized spacial score (nSPS) is 11.1. The highest BCUT2D eigenvalue weighted by atomic mass is 16.3. The Kier molecular flexibility index (Phi) is 12.3. The van der Waals surface area contributed by atoms with Crippen molar-refractivity contribution in [2.75, 3.05) is 0 Å². The molecule has 0 radical (unpaired) electrons. The Labute approximate surface area is 155 Å². The largest absolute Gasteiger partial charge is 0.508 e. The minimum absolute atomic E-state index is 0.290. The zero-order valence-corrected chi connectivity index (χ0v) is 16.7. The molecule has 0 heterocycles. The summed E-state index contributed by atoms with van der Waals surface area (Å²) >= 11 is 0. The highest BCUT2D eigenvalue weighted by molar-refractivity contribution is 5.44. The molecule has 0 saturated carbocycles. The van der Waals surface area contributed by atoms with Crippen LogP contribution in [0.5, 0.6) is 11.5 Å². The minimum atomic E-state index is 0.290. The van der Waals surface area contributed by atoms with Gasteiger partial charge in [-0.3, -0.25) is 0 Å². The van der Waals surface area contributed by atoms with Gasteiger partial charge < -0.3 is 10.2 Å². The summed E-state index contributed by atoms with van der Waals surface area (Å²) in [5.74, 6) is 0.614. The van der Waals surface area contributed by atoms with Gasteiger partial charge in [0, 0.05) is 0 Å². The Morgan fingerprint density at radius 3 is 1.52 bits per heavy atom. The summed E-state index contributed by atoms with van der Waals surface area (Å²) in [5, 5.41) is 19.6. The standard InChI is InChI=1S/C23H40O2/c1-3-4-5-6-7-8-9-10-11-12-13-14-15-16-17-21-19-22(24)20(2)18-23(21)25/h18-19,24-25H,3-17H2,1-2H3. The second-order valence-corrected chi connectivity index (χ2v) is 7.61. The topological polar surface area (TPSA) is 40.5 Å². The van der Waals surface area contributed by atoms with Crippen molar-refractivity contribution in [1.29, 1.82) is 0 Å². The van der Waals surface area contributed by atoms with Gasteiger partial charge in [-0.25, -0.2) is 0 Å². The maximum absolute atomic E-state index is 9.91. The molecule has 1 rings (SSSR count). The van der Waals surface area contributed by atoms with Crippen molar-refractivity contribution in [3.8, 4) is 11.5 Å². The first kappa shape index (κ1) is 21.9. The van der Waals surface area contributed by atoms with E-state index in [-0.39, 0.29) is 5.75 Å². The summed E-state index contributed by atoms with van der Waals surface area (Å²) in [6.07, 6.45) is 19.8. The number of hydrogen-bond donors (Lipinski definition) is 2. The molecule has 2 N–H and O–H groups in total. The van der Waals surface area contributed by atoms with Crippen LogP contribution in [-0.4, -0.2) is 10.2 Å². The molecule has 2 nitrogen and oxygen atoms in total. The maximum atomic E-state index is 9.91. The average Bonchev–Trinajstić information content (AvgIpc) is 2.59. The van der Waals surface area contributed by atoms with Gasteiger partial charge in [0.25, 0.3) is 0 Å². The summed E-state index contributed by atoms with van der Waals surface area (Å²) in [6, 6.07) is 3.38. The highest BCUT2D eigenvalue weighted by Gasteiger charge is 2.05. The predicted octanol–water partition coefficient (Wildman–Crippen LogP) is 7.43. The molecule has 0 bridgehead atoms. The van der Waals surface area contributed by atoms with Crippen LogP contribution in [0.4, 0.5) is 0 Å². The van der Waals surface area contributed by atoms with Crippen molar-refractivity contribution in [3.63, 3.8) is 0 Å². The second-order valence-electron chi connectivity index (χ2n) is 7.61. The SMILES string of the molecule is CCCCCCCCCCCCCCCCc1cc(O)c(C)cc1O. The summed E-state index contributed by atoms with van der Waals surface area (Å²) in [7, 11) is 0. The molecule has 0 atom stereocenters. The molecule has 25 heavy (non-hydrogen) atoms. The van der Waals surface area contributed by atoms with E-state index in [2.05, 4.69) is 6.92 Å². The first-order valence-corrected chi connectivity index (χ1v) is 10.7. The van der Waals surface area contributed by atoms with Crippen molar-refractivity contribution in [2.24, 2.45) is 0 Å². The van der Waals surface area contributed by atoms with E-state index in [0.29, 0.717) is 5.75 Å². The Balaban J connectivity index is 1.90. The average molecular weight is 349 g/mol. The van der Waals surface area contributed by atoms with Crippen molar-refractivity contribution in [2.45, 2.75) is 110 Å². The third-order valence-corrected chi connectivity index (χ3v) is 5.20. The molecule has 0 aliphatic carbocycles. The van der Waals surface area contributed by atoms with Gasteiger partial charge in [-0.2, -0.15) is 0 Å². The Hall–Kier alpha value is -1.18. The monoisotopic (exact) mass is 348 g/mol. The fourth-order valence-electron chi connectivity index (χ4n) is 3.43. The fourth-order valence-corrected chi connectivity index (χ4v) is 3.43. The maximum Gasteiger partial charge on any atom is 0.119 e. The predicted molar refractivity (Wildman–Crippen MR) is 109 cm³/mol. The van der Waals surface area contributed by atoms with Crippen molar-refractivity contribution >= 4 is 0 Å². The molecule has 0 aliphatic heterocycles. The van der Waals surface area contributed by atoms with Gasteiger partial charge in [0.2, 0.25) is 0 Å². The Bertz CT molecular complexity index is 454. The van der Waals surface area contributed by atoms with Crippen molar-refractivity contribution in [3.05, 3.63) is 23.3 Å². The van der Waals surface area contributed by atoms with E-state index in [9.17, 15) is 10.2 Å². The third kappa shape index (κ3) is 10.4. The first-order valence-electron chi connectivity index (χ1n) is 10.7. The molecule has 0 aliphatic rings. The summed E-state index contributed by atoms with van der Waals surface area (Å²) in [5.41, 5.74) is 1.62. The van der Waals surface area contributed by atoms with Gasteiger partial charge in [0.1, 0.15) is 11.5 Å². The van der Waals surface area contributed by atoms with Crippen LogP contribution in [0.25, 0.3) is 0 Å². The molecular formula is C23H40O2. The number of phenols is 2. The molecule has 144 valence electrons. The van der Waals surface area contributed by atoms with Crippen LogP contribution < -0.4 is 0 Å². The molecule has 0 fully saturated rings. The first-order chi connectivity index (χ1) is 12.1. The number of phenolic OH excluding ortho intramolecular Hbond substituents is 2. The van der Waals surface area contributed by atoms with Crippen LogP contribution in [0.1, 0.15) is 108 Å². The molecule has 1 aromatic rings. The van der Waals surface area contributed by atoms with E-state index in [1.807, 2.05) is 6.92 Å². The van der Waals surface area contributed by atoms with E-state index in [1.165, 1.54) is 83.5 Å². The van der Waals surface area contributed by atoms with E-state index in [0.717, 1.165) is 24.0 Å². The van der Waals surface area contributed by atoms with E-state index in [1.54, 1.807) is 12.1 Å². The van der Waals surface area contributed by atoms with Gasteiger partial charge in [-0.15, -0.1) is 0 Å². The van der Waals surface area contributed by atoms with Gasteiger partial charge in [0.05, 0.1) is 0 Å². The number of unbranched alkanes of at least 4 members (excludes halogenated alkanes) is 13.